The molecule has 33 heavy (non-hydrogen) atoms. The van der Waals surface area contributed by atoms with E-state index < -0.39 is 0 Å². The molecule has 0 bridgehead atoms. The summed E-state index contributed by atoms with van der Waals surface area (Å²) in [4.78, 5) is 9.30. The van der Waals surface area contributed by atoms with E-state index in [4.69, 9.17) is 14.5 Å². The minimum absolute atomic E-state index is 0.514. The predicted molar refractivity (Wildman–Crippen MR) is 133 cm³/mol. The number of benzene rings is 2. The van der Waals surface area contributed by atoms with Crippen LogP contribution in [0.4, 0.5) is 0 Å². The van der Waals surface area contributed by atoms with Crippen LogP contribution < -0.4 is 15.4 Å². The number of ether oxygens (including phenoxy) is 2. The van der Waals surface area contributed by atoms with Crippen molar-refractivity contribution in [2.45, 2.75) is 39.9 Å². The van der Waals surface area contributed by atoms with E-state index in [1.54, 1.807) is 7.11 Å². The molecular formula is C26H35N5O2. The van der Waals surface area contributed by atoms with E-state index in [9.17, 15) is 0 Å². The van der Waals surface area contributed by atoms with Crippen molar-refractivity contribution in [2.24, 2.45) is 4.99 Å². The molecule has 0 aliphatic rings. The number of aryl methyl sites for hydroxylation is 3. The van der Waals surface area contributed by atoms with Crippen molar-refractivity contribution in [1.82, 2.24) is 20.2 Å². The van der Waals surface area contributed by atoms with Crippen LogP contribution in [0.1, 0.15) is 29.4 Å². The number of aromatic nitrogens is 2. The predicted octanol–water partition coefficient (Wildman–Crippen LogP) is 3.71. The van der Waals surface area contributed by atoms with Crippen molar-refractivity contribution in [2.75, 3.05) is 26.9 Å². The maximum atomic E-state index is 5.90. The number of guanidine groups is 1. The lowest BCUT2D eigenvalue weighted by molar-refractivity contribution is 0.145. The molecule has 0 saturated heterocycles. The Bertz CT molecular complexity index is 1000. The fraction of sp³-hybridized carbons (Fsp3) is 0.385. The third-order valence-electron chi connectivity index (χ3n) is 5.22. The zero-order valence-electron chi connectivity index (χ0n) is 19.9. The molecule has 3 aromatic rings. The molecular weight excluding hydrogens is 414 g/mol. The van der Waals surface area contributed by atoms with Gasteiger partial charge in [0.2, 0.25) is 0 Å². The average molecular weight is 450 g/mol. The highest BCUT2D eigenvalue weighted by Crippen LogP contribution is 2.21. The molecule has 7 nitrogen and oxygen atoms in total. The van der Waals surface area contributed by atoms with E-state index in [0.717, 1.165) is 48.2 Å². The second kappa shape index (κ2) is 13.3. The van der Waals surface area contributed by atoms with Crippen LogP contribution in [-0.2, 0) is 30.8 Å². The van der Waals surface area contributed by atoms with Gasteiger partial charge >= 0.3 is 0 Å². The molecule has 0 amide bonds. The minimum Gasteiger partial charge on any atom is -0.491 e. The van der Waals surface area contributed by atoms with Gasteiger partial charge in [0.15, 0.2) is 5.96 Å². The van der Waals surface area contributed by atoms with E-state index in [1.165, 1.54) is 5.56 Å². The van der Waals surface area contributed by atoms with Crippen LogP contribution in [0, 0.1) is 6.92 Å². The number of methoxy groups -OCH3 is 1. The second-order valence-corrected chi connectivity index (χ2v) is 7.77. The summed E-state index contributed by atoms with van der Waals surface area (Å²) in [5.74, 6) is 2.58. The maximum absolute atomic E-state index is 5.90. The first kappa shape index (κ1) is 24.3. The summed E-state index contributed by atoms with van der Waals surface area (Å²) < 4.78 is 13.2. The van der Waals surface area contributed by atoms with Gasteiger partial charge in [0.25, 0.3) is 0 Å². The summed E-state index contributed by atoms with van der Waals surface area (Å²) in [7, 11) is 1.67. The highest BCUT2D eigenvalue weighted by molar-refractivity contribution is 5.79. The number of aliphatic imine (C=N–C) groups is 1. The van der Waals surface area contributed by atoms with Gasteiger partial charge in [-0.3, -0.25) is 0 Å². The molecule has 1 heterocycles. The first-order chi connectivity index (χ1) is 16.2. The van der Waals surface area contributed by atoms with Gasteiger partial charge in [0, 0.05) is 38.2 Å². The Labute approximate surface area is 196 Å². The first-order valence-corrected chi connectivity index (χ1v) is 11.5. The molecule has 0 saturated carbocycles. The molecule has 2 aromatic carbocycles. The van der Waals surface area contributed by atoms with Crippen LogP contribution in [-0.4, -0.2) is 42.4 Å². The van der Waals surface area contributed by atoms with Gasteiger partial charge in [-0.2, -0.15) is 0 Å². The van der Waals surface area contributed by atoms with Crippen LogP contribution >= 0.6 is 0 Å². The van der Waals surface area contributed by atoms with Crippen LogP contribution in [0.25, 0.3) is 0 Å². The summed E-state index contributed by atoms with van der Waals surface area (Å²) in [5, 5.41) is 6.73. The average Bonchev–Trinajstić information content (AvgIpc) is 3.28. The van der Waals surface area contributed by atoms with Crippen LogP contribution in [0.3, 0.4) is 0 Å². The fourth-order valence-electron chi connectivity index (χ4n) is 3.44. The number of hydrogen-bond donors (Lipinski definition) is 2. The van der Waals surface area contributed by atoms with Gasteiger partial charge in [-0.25, -0.2) is 9.98 Å². The molecule has 0 aliphatic heterocycles. The van der Waals surface area contributed by atoms with E-state index >= 15 is 0 Å². The maximum Gasteiger partial charge on any atom is 0.191 e. The number of nitrogens with one attached hydrogen (secondary N) is 2. The summed E-state index contributed by atoms with van der Waals surface area (Å²) in [6.45, 7) is 7.96. The molecule has 0 aliphatic carbocycles. The molecule has 1 aromatic heterocycles. The van der Waals surface area contributed by atoms with E-state index in [0.29, 0.717) is 26.3 Å². The number of rotatable bonds is 12. The number of nitrogens with zero attached hydrogens (tertiary/aromatic N) is 3. The summed E-state index contributed by atoms with van der Waals surface area (Å²) in [5.41, 5.74) is 3.52. The van der Waals surface area contributed by atoms with Crippen molar-refractivity contribution >= 4 is 5.96 Å². The second-order valence-electron chi connectivity index (χ2n) is 7.77. The Morgan fingerprint density at radius 1 is 1.09 bits per heavy atom. The Hall–Kier alpha value is -3.32. The largest absolute Gasteiger partial charge is 0.491 e. The third-order valence-corrected chi connectivity index (χ3v) is 5.22. The Morgan fingerprint density at radius 2 is 1.94 bits per heavy atom. The van der Waals surface area contributed by atoms with Crippen LogP contribution in [0.15, 0.2) is 65.9 Å². The Kier molecular flexibility index (Phi) is 9.79. The summed E-state index contributed by atoms with van der Waals surface area (Å²) in [6.07, 6.45) is 4.85. The Balaban J connectivity index is 1.61. The smallest absolute Gasteiger partial charge is 0.191 e. The number of hydrogen-bond acceptors (Lipinski definition) is 4. The fourth-order valence-corrected chi connectivity index (χ4v) is 3.44. The van der Waals surface area contributed by atoms with Crippen LogP contribution in [0.2, 0.25) is 0 Å². The van der Waals surface area contributed by atoms with Gasteiger partial charge in [0.05, 0.1) is 19.7 Å². The zero-order valence-corrected chi connectivity index (χ0v) is 19.9. The van der Waals surface area contributed by atoms with E-state index in [-0.39, 0.29) is 0 Å². The molecule has 0 atom stereocenters. The SMILES string of the molecule is CCNC(=NCc1ccc(C)cc1OCCOC)NCc1nccn1CCc1ccccc1. The highest BCUT2D eigenvalue weighted by Gasteiger charge is 2.07. The lowest BCUT2D eigenvalue weighted by Gasteiger charge is -2.14. The van der Waals surface area contributed by atoms with Gasteiger partial charge in [-0.05, 0) is 37.5 Å². The molecule has 176 valence electrons. The summed E-state index contributed by atoms with van der Waals surface area (Å²) in [6, 6.07) is 16.7. The van der Waals surface area contributed by atoms with Crippen molar-refractivity contribution in [3.8, 4) is 5.75 Å². The molecule has 0 unspecified atom stereocenters. The normalized spacial score (nSPS) is 11.4. The quantitative estimate of drug-likeness (QED) is 0.251. The van der Waals surface area contributed by atoms with Crippen LogP contribution in [0.5, 0.6) is 5.75 Å². The van der Waals surface area contributed by atoms with Gasteiger partial charge < -0.3 is 24.7 Å². The lowest BCUT2D eigenvalue weighted by Crippen LogP contribution is -2.37. The van der Waals surface area contributed by atoms with Gasteiger partial charge in [-0.1, -0.05) is 42.5 Å². The standard InChI is InChI=1S/C26H35N5O2/c1-4-27-26(29-19-23-11-10-21(2)18-24(23)33-17-16-32-3)30-20-25-28-13-15-31(25)14-12-22-8-6-5-7-9-22/h5-11,13,15,18H,4,12,14,16-17,19-20H2,1-3H3,(H2,27,29,30). The first-order valence-electron chi connectivity index (χ1n) is 11.5. The van der Waals surface area contributed by atoms with Gasteiger partial charge in [-0.15, -0.1) is 0 Å². The molecule has 0 spiro atoms. The van der Waals surface area contributed by atoms with Crippen molar-refractivity contribution in [3.05, 3.63) is 83.4 Å². The minimum atomic E-state index is 0.514. The van der Waals surface area contributed by atoms with E-state index in [2.05, 4.69) is 70.4 Å². The van der Waals surface area contributed by atoms with E-state index in [1.807, 2.05) is 24.5 Å². The van der Waals surface area contributed by atoms with Crippen molar-refractivity contribution < 1.29 is 9.47 Å². The Morgan fingerprint density at radius 3 is 2.73 bits per heavy atom. The third kappa shape index (κ3) is 7.95. The van der Waals surface area contributed by atoms with Crippen molar-refractivity contribution in [1.29, 1.82) is 0 Å². The summed E-state index contributed by atoms with van der Waals surface area (Å²) >= 11 is 0. The lowest BCUT2D eigenvalue weighted by atomic mass is 10.1. The molecule has 3 rings (SSSR count). The highest BCUT2D eigenvalue weighted by atomic mass is 16.5. The molecule has 2 N–H and O–H groups in total. The molecule has 0 fully saturated rings. The monoisotopic (exact) mass is 449 g/mol. The molecule has 0 radical (unpaired) electrons. The number of imidazole rings is 1. The topological polar surface area (TPSA) is 72.7 Å². The zero-order chi connectivity index (χ0) is 23.3. The van der Waals surface area contributed by atoms with Crippen molar-refractivity contribution in [3.63, 3.8) is 0 Å². The van der Waals surface area contributed by atoms with Gasteiger partial charge in [0.1, 0.15) is 18.2 Å². The molecule has 7 heteroatoms.